The zero-order chi connectivity index (χ0) is 9.35. The molecule has 0 aromatic heterocycles. The lowest BCUT2D eigenvalue weighted by atomic mass is 10.00. The van der Waals surface area contributed by atoms with Crippen molar-refractivity contribution in [2.75, 3.05) is 11.5 Å². The molecule has 0 aromatic carbocycles. The minimum absolute atomic E-state index is 0.0130. The van der Waals surface area contributed by atoms with Gasteiger partial charge in [-0.25, -0.2) is 8.42 Å². The first kappa shape index (κ1) is 9.95. The first-order chi connectivity index (χ1) is 5.41. The fourth-order valence-corrected chi connectivity index (χ4v) is 3.50. The normalized spacial score (nSPS) is 36.6. The van der Waals surface area contributed by atoms with Crippen molar-refractivity contribution in [2.24, 2.45) is 5.92 Å². The van der Waals surface area contributed by atoms with Gasteiger partial charge >= 0.3 is 0 Å². The van der Waals surface area contributed by atoms with E-state index in [-0.39, 0.29) is 17.4 Å². The van der Waals surface area contributed by atoms with Crippen molar-refractivity contribution in [2.45, 2.75) is 25.6 Å². The summed E-state index contributed by atoms with van der Waals surface area (Å²) in [5.41, 5.74) is 0. The third kappa shape index (κ3) is 2.43. The molecule has 0 spiro atoms. The second-order valence-electron chi connectivity index (χ2n) is 3.49. The van der Waals surface area contributed by atoms with Crippen LogP contribution in [0.4, 0.5) is 0 Å². The van der Waals surface area contributed by atoms with Crippen molar-refractivity contribution in [3.63, 3.8) is 0 Å². The summed E-state index contributed by atoms with van der Waals surface area (Å²) in [6.45, 7) is 1.59. The van der Waals surface area contributed by atoms with Gasteiger partial charge in [0.1, 0.15) is 0 Å². The minimum atomic E-state index is -3.05. The molecule has 5 heteroatoms. The van der Waals surface area contributed by atoms with Gasteiger partial charge in [-0.3, -0.25) is 0 Å². The Morgan fingerprint density at radius 3 is 2.42 bits per heavy atom. The van der Waals surface area contributed by atoms with Gasteiger partial charge in [-0.15, -0.1) is 0 Å². The molecule has 0 aliphatic carbocycles. The Labute approximate surface area is 72.1 Å². The smallest absolute Gasteiger partial charge is 0.153 e. The molecule has 1 aliphatic heterocycles. The number of hydrogen-bond donors (Lipinski definition) is 2. The maximum atomic E-state index is 11.0. The van der Waals surface area contributed by atoms with Gasteiger partial charge < -0.3 is 10.2 Å². The van der Waals surface area contributed by atoms with Crippen LogP contribution in [0.15, 0.2) is 0 Å². The predicted octanol–water partition coefficient (Wildman–Crippen LogP) is -0.837. The fraction of sp³-hybridized carbons (Fsp3) is 1.00. The van der Waals surface area contributed by atoms with E-state index in [4.69, 9.17) is 5.11 Å². The zero-order valence-electron chi connectivity index (χ0n) is 6.97. The fourth-order valence-electron chi connectivity index (χ4n) is 1.56. The van der Waals surface area contributed by atoms with E-state index in [2.05, 4.69) is 0 Å². The molecule has 0 radical (unpaired) electrons. The van der Waals surface area contributed by atoms with Crippen molar-refractivity contribution in [3.8, 4) is 0 Å². The van der Waals surface area contributed by atoms with Gasteiger partial charge in [0, 0.05) is 5.92 Å². The monoisotopic (exact) mass is 194 g/mol. The molecule has 1 saturated heterocycles. The van der Waals surface area contributed by atoms with Crippen LogP contribution in [0.3, 0.4) is 0 Å². The van der Waals surface area contributed by atoms with E-state index in [0.717, 1.165) is 0 Å². The van der Waals surface area contributed by atoms with Gasteiger partial charge in [-0.1, -0.05) is 0 Å². The van der Waals surface area contributed by atoms with Crippen molar-refractivity contribution < 1.29 is 18.6 Å². The molecule has 4 nitrogen and oxygen atoms in total. The van der Waals surface area contributed by atoms with E-state index in [9.17, 15) is 13.5 Å². The van der Waals surface area contributed by atoms with Gasteiger partial charge in [0.25, 0.3) is 0 Å². The van der Waals surface area contributed by atoms with Crippen LogP contribution in [0.5, 0.6) is 0 Å². The molecule has 1 fully saturated rings. The number of hydrogen-bond acceptors (Lipinski definition) is 4. The quantitative estimate of drug-likeness (QED) is 0.601. The highest BCUT2D eigenvalue weighted by Crippen LogP contribution is 2.23. The third-order valence-corrected chi connectivity index (χ3v) is 3.87. The largest absolute Gasteiger partial charge is 0.393 e. The zero-order valence-corrected chi connectivity index (χ0v) is 7.79. The summed E-state index contributed by atoms with van der Waals surface area (Å²) in [6, 6.07) is 0. The molecule has 0 saturated carbocycles. The van der Waals surface area contributed by atoms with Gasteiger partial charge in [-0.2, -0.15) is 0 Å². The first-order valence-electron chi connectivity index (χ1n) is 3.97. The van der Waals surface area contributed by atoms with Crippen molar-refractivity contribution in [1.82, 2.24) is 0 Å². The molecule has 72 valence electrons. The Balaban J connectivity index is 2.58. The maximum Gasteiger partial charge on any atom is 0.153 e. The number of sulfone groups is 1. The molecule has 0 aromatic rings. The second kappa shape index (κ2) is 3.32. The summed E-state index contributed by atoms with van der Waals surface area (Å²) in [5, 5.41) is 18.3. The Morgan fingerprint density at radius 2 is 2.08 bits per heavy atom. The van der Waals surface area contributed by atoms with Gasteiger partial charge in [0.05, 0.1) is 23.7 Å². The first-order valence-corrected chi connectivity index (χ1v) is 5.79. The van der Waals surface area contributed by atoms with E-state index < -0.39 is 22.0 Å². The molecule has 1 aliphatic rings. The maximum absolute atomic E-state index is 11.0. The number of rotatable bonds is 2. The van der Waals surface area contributed by atoms with E-state index in [1.807, 2.05) is 0 Å². The molecule has 2 N–H and O–H groups in total. The Kier molecular flexibility index (Phi) is 2.75. The van der Waals surface area contributed by atoms with Crippen LogP contribution >= 0.6 is 0 Å². The molecule has 1 heterocycles. The highest BCUT2D eigenvalue weighted by molar-refractivity contribution is 7.91. The van der Waals surface area contributed by atoms with Crippen molar-refractivity contribution >= 4 is 9.84 Å². The molecular formula is C7H14O4S. The highest BCUT2D eigenvalue weighted by atomic mass is 32.2. The van der Waals surface area contributed by atoms with Crippen LogP contribution in [0.1, 0.15) is 13.3 Å². The van der Waals surface area contributed by atoms with Crippen LogP contribution in [0.25, 0.3) is 0 Å². The second-order valence-corrected chi connectivity index (χ2v) is 5.64. The average Bonchev–Trinajstić information content (AvgIpc) is 2.03. The summed E-state index contributed by atoms with van der Waals surface area (Å²) in [6.07, 6.45) is -0.969. The average molecular weight is 194 g/mol. The molecule has 0 amide bonds. The SMILES string of the molecule is CC(O)CC1CS(=O)(=O)CC1O. The van der Waals surface area contributed by atoms with Gasteiger partial charge in [-0.05, 0) is 13.3 Å². The lowest BCUT2D eigenvalue weighted by molar-refractivity contribution is 0.0981. The lowest BCUT2D eigenvalue weighted by Gasteiger charge is -2.13. The summed E-state index contributed by atoms with van der Waals surface area (Å²) in [5.74, 6) is -0.418. The van der Waals surface area contributed by atoms with Gasteiger partial charge in [0.15, 0.2) is 9.84 Å². The standard InChI is InChI=1S/C7H14O4S/c1-5(8)2-6-3-12(10,11)4-7(6)9/h5-9H,2-4H2,1H3. The van der Waals surface area contributed by atoms with Crippen LogP contribution in [0, 0.1) is 5.92 Å². The third-order valence-electron chi connectivity index (χ3n) is 2.08. The molecule has 3 unspecified atom stereocenters. The highest BCUT2D eigenvalue weighted by Gasteiger charge is 2.36. The topological polar surface area (TPSA) is 74.6 Å². The van der Waals surface area contributed by atoms with Crippen molar-refractivity contribution in [3.05, 3.63) is 0 Å². The summed E-state index contributed by atoms with van der Waals surface area (Å²) in [4.78, 5) is 0. The predicted molar refractivity (Wildman–Crippen MR) is 44.4 cm³/mol. The van der Waals surface area contributed by atoms with E-state index in [0.29, 0.717) is 6.42 Å². The number of aliphatic hydroxyl groups excluding tert-OH is 2. The van der Waals surface area contributed by atoms with E-state index >= 15 is 0 Å². The summed E-state index contributed by atoms with van der Waals surface area (Å²) < 4.78 is 22.0. The van der Waals surface area contributed by atoms with E-state index in [1.54, 1.807) is 6.92 Å². The summed E-state index contributed by atoms with van der Waals surface area (Å²) in [7, 11) is -3.05. The molecular weight excluding hydrogens is 180 g/mol. The van der Waals surface area contributed by atoms with Gasteiger partial charge in [0.2, 0.25) is 0 Å². The minimum Gasteiger partial charge on any atom is -0.393 e. The molecule has 0 bridgehead atoms. The summed E-state index contributed by atoms with van der Waals surface area (Å²) >= 11 is 0. The lowest BCUT2D eigenvalue weighted by Crippen LogP contribution is -2.21. The molecule has 3 atom stereocenters. The van der Waals surface area contributed by atoms with Crippen LogP contribution < -0.4 is 0 Å². The van der Waals surface area contributed by atoms with Crippen LogP contribution in [-0.2, 0) is 9.84 Å². The Morgan fingerprint density at radius 1 is 1.50 bits per heavy atom. The number of aliphatic hydroxyl groups is 2. The van der Waals surface area contributed by atoms with Crippen molar-refractivity contribution in [1.29, 1.82) is 0 Å². The van der Waals surface area contributed by atoms with Crippen LogP contribution in [-0.4, -0.2) is 42.3 Å². The Bertz CT molecular complexity index is 244. The molecule has 1 rings (SSSR count). The van der Waals surface area contributed by atoms with Crippen LogP contribution in [0.2, 0.25) is 0 Å². The van der Waals surface area contributed by atoms with E-state index in [1.165, 1.54) is 0 Å². The Hall–Kier alpha value is -0.130. The molecule has 12 heavy (non-hydrogen) atoms.